The first kappa shape index (κ1) is 19.9. The summed E-state index contributed by atoms with van der Waals surface area (Å²) in [6.45, 7) is 3.16. The Labute approximate surface area is 172 Å². The number of aryl methyl sites for hydroxylation is 1. The molecule has 1 fully saturated rings. The van der Waals surface area contributed by atoms with Crippen LogP contribution in [0.15, 0.2) is 53.4 Å². The summed E-state index contributed by atoms with van der Waals surface area (Å²) in [6, 6.07) is 14.8. The van der Waals surface area contributed by atoms with Crippen molar-refractivity contribution in [3.05, 3.63) is 59.7 Å². The Morgan fingerprint density at radius 2 is 1.72 bits per heavy atom. The van der Waals surface area contributed by atoms with Crippen LogP contribution >= 0.6 is 0 Å². The third-order valence-electron chi connectivity index (χ3n) is 5.69. The summed E-state index contributed by atoms with van der Waals surface area (Å²) < 4.78 is 32.9. The molecule has 154 valence electrons. The predicted octanol–water partition coefficient (Wildman–Crippen LogP) is 3.95. The molecule has 2 aliphatic heterocycles. The number of carbonyl (C=O) groups excluding carboxylic acids is 1. The van der Waals surface area contributed by atoms with Gasteiger partial charge in [-0.25, -0.2) is 13.2 Å². The van der Waals surface area contributed by atoms with Gasteiger partial charge >= 0.3 is 6.09 Å². The molecular formula is C22H26N2O4S. The van der Waals surface area contributed by atoms with Crippen molar-refractivity contribution in [3.8, 4) is 0 Å². The van der Waals surface area contributed by atoms with Gasteiger partial charge in [0.15, 0.2) is 0 Å². The van der Waals surface area contributed by atoms with Gasteiger partial charge in [0.2, 0.25) is 10.0 Å². The van der Waals surface area contributed by atoms with Crippen molar-refractivity contribution in [1.82, 2.24) is 4.31 Å². The fourth-order valence-electron chi connectivity index (χ4n) is 4.13. The predicted molar refractivity (Wildman–Crippen MR) is 111 cm³/mol. The molecule has 0 saturated carbocycles. The van der Waals surface area contributed by atoms with Gasteiger partial charge < -0.3 is 4.74 Å². The van der Waals surface area contributed by atoms with Gasteiger partial charge in [0.1, 0.15) is 6.61 Å². The van der Waals surface area contributed by atoms with Gasteiger partial charge in [-0.05, 0) is 43.0 Å². The van der Waals surface area contributed by atoms with Crippen molar-refractivity contribution in [2.24, 2.45) is 0 Å². The van der Waals surface area contributed by atoms with Crippen LogP contribution in [0.1, 0.15) is 37.3 Å². The van der Waals surface area contributed by atoms with Crippen LogP contribution in [0, 0.1) is 0 Å². The Balaban J connectivity index is 1.47. The van der Waals surface area contributed by atoms with Crippen molar-refractivity contribution < 1.29 is 17.9 Å². The summed E-state index contributed by atoms with van der Waals surface area (Å²) >= 11 is 0. The van der Waals surface area contributed by atoms with E-state index < -0.39 is 10.0 Å². The van der Waals surface area contributed by atoms with E-state index >= 15 is 0 Å². The van der Waals surface area contributed by atoms with Crippen LogP contribution in [0.2, 0.25) is 0 Å². The van der Waals surface area contributed by atoms with E-state index in [9.17, 15) is 13.2 Å². The lowest BCUT2D eigenvalue weighted by Crippen LogP contribution is -2.50. The number of rotatable bonds is 5. The van der Waals surface area contributed by atoms with Gasteiger partial charge in [0, 0.05) is 24.7 Å². The van der Waals surface area contributed by atoms with Crippen LogP contribution < -0.4 is 4.90 Å². The highest BCUT2D eigenvalue weighted by Crippen LogP contribution is 2.32. The number of benzene rings is 2. The van der Waals surface area contributed by atoms with E-state index in [1.807, 2.05) is 36.4 Å². The minimum Gasteiger partial charge on any atom is -0.444 e. The molecule has 4 rings (SSSR count). The van der Waals surface area contributed by atoms with Crippen LogP contribution in [0.4, 0.5) is 10.5 Å². The van der Waals surface area contributed by atoms with E-state index in [0.29, 0.717) is 30.8 Å². The average Bonchev–Trinajstić information content (AvgIpc) is 2.74. The van der Waals surface area contributed by atoms with E-state index in [4.69, 9.17) is 4.74 Å². The molecule has 0 bridgehead atoms. The molecule has 2 aromatic carbocycles. The molecular weight excluding hydrogens is 388 g/mol. The Kier molecular flexibility index (Phi) is 5.61. The Hall–Kier alpha value is -2.38. The van der Waals surface area contributed by atoms with E-state index in [1.54, 1.807) is 17.0 Å². The molecule has 0 radical (unpaired) electrons. The van der Waals surface area contributed by atoms with Crippen molar-refractivity contribution in [3.63, 3.8) is 0 Å². The maximum absolute atomic E-state index is 13.0. The second-order valence-corrected chi connectivity index (χ2v) is 9.52. The van der Waals surface area contributed by atoms with Crippen LogP contribution in [0.5, 0.6) is 0 Å². The zero-order valence-corrected chi connectivity index (χ0v) is 17.4. The largest absolute Gasteiger partial charge is 0.444 e. The fraction of sp³-hybridized carbons (Fsp3) is 0.409. The van der Waals surface area contributed by atoms with E-state index in [-0.39, 0.29) is 18.7 Å². The van der Waals surface area contributed by atoms with Gasteiger partial charge in [-0.15, -0.1) is 0 Å². The summed E-state index contributed by atoms with van der Waals surface area (Å²) in [5, 5.41) is 0. The van der Waals surface area contributed by atoms with Gasteiger partial charge in [-0.1, -0.05) is 43.7 Å². The second-order valence-electron chi connectivity index (χ2n) is 7.58. The third kappa shape index (κ3) is 3.89. The van der Waals surface area contributed by atoms with Gasteiger partial charge in [-0.3, -0.25) is 4.90 Å². The fourth-order valence-corrected chi connectivity index (χ4v) is 5.60. The zero-order valence-electron chi connectivity index (χ0n) is 16.6. The topological polar surface area (TPSA) is 66.9 Å². The van der Waals surface area contributed by atoms with Gasteiger partial charge in [0.25, 0.3) is 0 Å². The van der Waals surface area contributed by atoms with Crippen molar-refractivity contribution in [2.75, 3.05) is 18.0 Å². The molecule has 29 heavy (non-hydrogen) atoms. The Morgan fingerprint density at radius 3 is 2.41 bits per heavy atom. The van der Waals surface area contributed by atoms with E-state index in [2.05, 4.69) is 6.92 Å². The summed E-state index contributed by atoms with van der Waals surface area (Å²) in [4.78, 5) is 14.4. The Bertz CT molecular complexity index is 980. The lowest BCUT2D eigenvalue weighted by Gasteiger charge is -2.39. The summed E-state index contributed by atoms with van der Waals surface area (Å²) in [7, 11) is -3.52. The summed E-state index contributed by atoms with van der Waals surface area (Å²) in [5.74, 6) is 0. The lowest BCUT2D eigenvalue weighted by molar-refractivity contribution is 0.136. The molecule has 1 saturated heterocycles. The number of nitrogens with zero attached hydrogens (tertiary/aromatic N) is 2. The number of fused-ring (bicyclic) bond motifs is 1. The second kappa shape index (κ2) is 8.16. The quantitative estimate of drug-likeness (QED) is 0.743. The number of anilines is 1. The minimum absolute atomic E-state index is 0.0673. The monoisotopic (exact) mass is 414 g/mol. The molecule has 0 spiro atoms. The standard InChI is InChI=1S/C22H26N2O4S/c1-2-5-17-8-10-20(11-9-17)29(26,27)23-14-12-19(13-15-23)24-21-7-4-3-6-18(21)16-28-22(24)25/h3-4,6-11,19H,2,5,12-16H2,1H3. The molecule has 0 unspecified atom stereocenters. The summed E-state index contributed by atoms with van der Waals surface area (Å²) in [5.41, 5.74) is 3.00. The molecule has 0 atom stereocenters. The van der Waals surface area contributed by atoms with Crippen molar-refractivity contribution >= 4 is 21.8 Å². The minimum atomic E-state index is -3.52. The zero-order chi connectivity index (χ0) is 20.4. The van der Waals surface area contributed by atoms with Crippen molar-refractivity contribution in [1.29, 1.82) is 0 Å². The molecule has 2 aliphatic rings. The van der Waals surface area contributed by atoms with E-state index in [0.717, 1.165) is 29.7 Å². The number of ether oxygens (including phenoxy) is 1. The molecule has 0 aromatic heterocycles. The van der Waals surface area contributed by atoms with Crippen LogP contribution in [-0.2, 0) is 27.8 Å². The number of piperidine rings is 1. The Morgan fingerprint density at radius 1 is 1.03 bits per heavy atom. The number of para-hydroxylation sites is 1. The SMILES string of the molecule is CCCc1ccc(S(=O)(=O)N2CCC(N3C(=O)OCc4ccccc43)CC2)cc1. The van der Waals surface area contributed by atoms with E-state index in [1.165, 1.54) is 4.31 Å². The molecule has 0 N–H and O–H groups in total. The number of carbonyl (C=O) groups is 1. The van der Waals surface area contributed by atoms with Crippen LogP contribution in [0.3, 0.4) is 0 Å². The molecule has 6 nitrogen and oxygen atoms in total. The maximum Gasteiger partial charge on any atom is 0.414 e. The highest BCUT2D eigenvalue weighted by atomic mass is 32.2. The number of hydrogen-bond acceptors (Lipinski definition) is 4. The molecule has 1 amide bonds. The average molecular weight is 415 g/mol. The van der Waals surface area contributed by atoms with Crippen molar-refractivity contribution in [2.45, 2.75) is 50.2 Å². The number of cyclic esters (lactones) is 1. The molecule has 2 heterocycles. The van der Waals surface area contributed by atoms with Gasteiger partial charge in [0.05, 0.1) is 10.6 Å². The number of sulfonamides is 1. The lowest BCUT2D eigenvalue weighted by atomic mass is 10.0. The normalized spacial score (nSPS) is 18.4. The maximum atomic E-state index is 13.0. The molecule has 7 heteroatoms. The number of hydrogen-bond donors (Lipinski definition) is 0. The molecule has 2 aromatic rings. The third-order valence-corrected chi connectivity index (χ3v) is 7.60. The van der Waals surface area contributed by atoms with Gasteiger partial charge in [-0.2, -0.15) is 4.31 Å². The first-order chi connectivity index (χ1) is 14.0. The smallest absolute Gasteiger partial charge is 0.414 e. The number of amides is 1. The summed E-state index contributed by atoms with van der Waals surface area (Å²) in [6.07, 6.45) is 2.78. The first-order valence-corrected chi connectivity index (χ1v) is 11.6. The first-order valence-electron chi connectivity index (χ1n) is 10.1. The highest BCUT2D eigenvalue weighted by molar-refractivity contribution is 7.89. The molecule has 0 aliphatic carbocycles. The van der Waals surface area contributed by atoms with Crippen LogP contribution in [0.25, 0.3) is 0 Å². The highest BCUT2D eigenvalue weighted by Gasteiger charge is 2.36. The van der Waals surface area contributed by atoms with Crippen LogP contribution in [-0.4, -0.2) is 37.9 Å².